The third-order valence-electron chi connectivity index (χ3n) is 3.33. The Morgan fingerprint density at radius 2 is 2.35 bits per heavy atom. The van der Waals surface area contributed by atoms with E-state index in [1.807, 2.05) is 12.2 Å². The van der Waals surface area contributed by atoms with Gasteiger partial charge in [-0.3, -0.25) is 9.69 Å². The van der Waals surface area contributed by atoms with Gasteiger partial charge in [-0.15, -0.1) is 0 Å². The highest BCUT2D eigenvalue weighted by molar-refractivity contribution is 8.26. The van der Waals surface area contributed by atoms with E-state index in [9.17, 15) is 9.59 Å². The lowest BCUT2D eigenvalue weighted by atomic mass is 9.95. The number of thiocarbonyl (C=S) groups is 1. The van der Waals surface area contributed by atoms with Crippen LogP contribution >= 0.6 is 24.0 Å². The summed E-state index contributed by atoms with van der Waals surface area (Å²) in [5.74, 6) is 0.230. The molecule has 23 heavy (non-hydrogen) atoms. The molecule has 3 aliphatic rings. The van der Waals surface area contributed by atoms with Crippen LogP contribution in [0.4, 0.5) is 4.79 Å². The number of ether oxygens (including phenoxy) is 1. The number of amides is 2. The van der Waals surface area contributed by atoms with Crippen LogP contribution in [0.1, 0.15) is 12.8 Å². The molecule has 0 radical (unpaired) electrons. The van der Waals surface area contributed by atoms with Gasteiger partial charge in [0.2, 0.25) is 0 Å². The average molecular weight is 348 g/mol. The zero-order valence-corrected chi connectivity index (χ0v) is 13.4. The maximum atomic E-state index is 11.8. The number of nitrogens with zero attached hydrogens (tertiary/aromatic N) is 1. The maximum absolute atomic E-state index is 11.8. The van der Waals surface area contributed by atoms with E-state index in [2.05, 4.69) is 5.32 Å². The summed E-state index contributed by atoms with van der Waals surface area (Å²) < 4.78 is 5.89. The minimum Gasteiger partial charge on any atom is -0.464 e. The summed E-state index contributed by atoms with van der Waals surface area (Å²) in [6.07, 6.45) is 10.1. The second-order valence-electron chi connectivity index (χ2n) is 4.81. The van der Waals surface area contributed by atoms with E-state index in [0.29, 0.717) is 21.4 Å². The number of hydrogen-bond donors (Lipinski definition) is 2. The number of nitrogens with one attached hydrogen (secondary N) is 1. The van der Waals surface area contributed by atoms with Crippen LogP contribution in [0.2, 0.25) is 0 Å². The fourth-order valence-corrected chi connectivity index (χ4v) is 3.32. The molecule has 3 rings (SSSR count). The Morgan fingerprint density at radius 1 is 1.52 bits per heavy atom. The van der Waals surface area contributed by atoms with Crippen molar-refractivity contribution in [3.63, 3.8) is 0 Å². The molecule has 2 amide bonds. The van der Waals surface area contributed by atoms with Crippen LogP contribution < -0.4 is 5.32 Å². The number of allylic oxidation sites excluding steroid dienone is 5. The van der Waals surface area contributed by atoms with Crippen molar-refractivity contribution < 1.29 is 19.4 Å². The van der Waals surface area contributed by atoms with Crippen LogP contribution in [0.15, 0.2) is 58.7 Å². The van der Waals surface area contributed by atoms with Gasteiger partial charge in [-0.1, -0.05) is 36.1 Å². The van der Waals surface area contributed by atoms with Gasteiger partial charge in [0.15, 0.2) is 0 Å². The highest BCUT2D eigenvalue weighted by Crippen LogP contribution is 2.32. The zero-order chi connectivity index (χ0) is 16.4. The molecule has 8 heteroatoms. The molecule has 0 saturated carbocycles. The second-order valence-corrected chi connectivity index (χ2v) is 6.53. The predicted molar refractivity (Wildman–Crippen MR) is 90.0 cm³/mol. The fraction of sp³-hybridized carbons (Fsp3) is 0.133. The van der Waals surface area contributed by atoms with Crippen molar-refractivity contribution >= 4 is 40.3 Å². The highest BCUT2D eigenvalue weighted by Gasteiger charge is 2.24. The van der Waals surface area contributed by atoms with E-state index < -0.39 is 6.09 Å². The van der Waals surface area contributed by atoms with Crippen LogP contribution in [0.3, 0.4) is 0 Å². The Morgan fingerprint density at radius 3 is 3.04 bits per heavy atom. The molecule has 1 aliphatic carbocycles. The Bertz CT molecular complexity index is 747. The Hall–Kier alpha value is -2.32. The summed E-state index contributed by atoms with van der Waals surface area (Å²) >= 11 is 6.19. The highest BCUT2D eigenvalue weighted by atomic mass is 32.2. The molecule has 1 fully saturated rings. The summed E-state index contributed by atoms with van der Waals surface area (Å²) in [4.78, 5) is 24.4. The molecule has 0 aromatic heterocycles. The first kappa shape index (κ1) is 15.6. The smallest absolute Gasteiger partial charge is 0.415 e. The summed E-state index contributed by atoms with van der Waals surface area (Å²) in [5.41, 5.74) is 1.66. The van der Waals surface area contributed by atoms with Gasteiger partial charge >= 0.3 is 6.09 Å². The Labute approximate surface area is 141 Å². The molecule has 118 valence electrons. The van der Waals surface area contributed by atoms with Crippen LogP contribution in [0.5, 0.6) is 0 Å². The monoisotopic (exact) mass is 348 g/mol. The van der Waals surface area contributed by atoms with Crippen molar-refractivity contribution in [2.24, 2.45) is 0 Å². The topological polar surface area (TPSA) is 78.9 Å². The molecule has 2 N–H and O–H groups in total. The average Bonchev–Trinajstić information content (AvgIpc) is 2.85. The molecule has 0 bridgehead atoms. The van der Waals surface area contributed by atoms with Gasteiger partial charge in [0, 0.05) is 5.57 Å². The number of carbonyl (C=O) groups excluding carboxylic acids is 1. The van der Waals surface area contributed by atoms with Gasteiger partial charge in [0.25, 0.3) is 5.91 Å². The standard InChI is InChI=1S/C15H12N2O4S2/c18-13-12(23-14(22)16-13)7-9-3-1-2-4-10(9)11-8-17(15(19)20)5-6-21-11/h1,3,5-8H,2,4H2,(H,19,20)(H,16,18,22). The minimum atomic E-state index is -1.09. The SMILES string of the molecule is O=C1NC(=S)SC1=CC1=C(C2=CN(C(=O)O)C=CO2)CCC=C1. The molecule has 1 saturated heterocycles. The number of rotatable bonds is 2. The predicted octanol–water partition coefficient (Wildman–Crippen LogP) is 2.99. The van der Waals surface area contributed by atoms with Gasteiger partial charge in [-0.05, 0) is 24.5 Å². The van der Waals surface area contributed by atoms with Gasteiger partial charge in [0.1, 0.15) is 16.3 Å². The van der Waals surface area contributed by atoms with Crippen molar-refractivity contribution in [3.05, 3.63) is 58.7 Å². The van der Waals surface area contributed by atoms with E-state index in [0.717, 1.165) is 22.5 Å². The molecular formula is C15H12N2O4S2. The van der Waals surface area contributed by atoms with Gasteiger partial charge < -0.3 is 15.2 Å². The van der Waals surface area contributed by atoms with Crippen LogP contribution in [0.25, 0.3) is 0 Å². The van der Waals surface area contributed by atoms with E-state index in [4.69, 9.17) is 22.1 Å². The Kier molecular flexibility index (Phi) is 4.35. The van der Waals surface area contributed by atoms with Crippen LogP contribution in [-0.2, 0) is 9.53 Å². The van der Waals surface area contributed by atoms with E-state index in [-0.39, 0.29) is 5.91 Å². The first-order chi connectivity index (χ1) is 11.0. The number of carbonyl (C=O) groups is 2. The van der Waals surface area contributed by atoms with Gasteiger partial charge in [-0.25, -0.2) is 4.79 Å². The molecule has 2 aliphatic heterocycles. The van der Waals surface area contributed by atoms with E-state index >= 15 is 0 Å². The third-order valence-corrected chi connectivity index (χ3v) is 4.49. The quantitative estimate of drug-likeness (QED) is 0.590. The van der Waals surface area contributed by atoms with Crippen molar-refractivity contribution in [1.82, 2.24) is 10.2 Å². The Balaban J connectivity index is 1.97. The lowest BCUT2D eigenvalue weighted by Gasteiger charge is -2.21. The van der Waals surface area contributed by atoms with Crippen molar-refractivity contribution in [1.29, 1.82) is 0 Å². The third kappa shape index (κ3) is 3.38. The summed E-state index contributed by atoms with van der Waals surface area (Å²) in [6.45, 7) is 0. The molecule has 0 spiro atoms. The molecular weight excluding hydrogens is 336 g/mol. The summed E-state index contributed by atoms with van der Waals surface area (Å²) in [5, 5.41) is 11.6. The first-order valence-corrected chi connectivity index (χ1v) is 7.98. The lowest BCUT2D eigenvalue weighted by Crippen LogP contribution is -2.21. The maximum Gasteiger partial charge on any atom is 0.415 e. The van der Waals surface area contributed by atoms with Gasteiger partial charge in [0.05, 0.1) is 17.3 Å². The molecule has 0 aromatic rings. The van der Waals surface area contributed by atoms with E-state index in [1.54, 1.807) is 6.08 Å². The minimum absolute atomic E-state index is 0.226. The van der Waals surface area contributed by atoms with Crippen LogP contribution in [0, 0.1) is 0 Å². The molecule has 0 atom stereocenters. The van der Waals surface area contributed by atoms with Crippen LogP contribution in [-0.4, -0.2) is 26.3 Å². The number of thioether (sulfide) groups is 1. The molecule has 2 heterocycles. The molecule has 6 nitrogen and oxygen atoms in total. The summed E-state index contributed by atoms with van der Waals surface area (Å²) in [7, 11) is 0. The number of hydrogen-bond acceptors (Lipinski definition) is 5. The second kappa shape index (κ2) is 6.43. The molecule has 0 unspecified atom stereocenters. The van der Waals surface area contributed by atoms with Crippen molar-refractivity contribution in [2.75, 3.05) is 0 Å². The normalized spacial score (nSPS) is 22.3. The fourth-order valence-electron chi connectivity index (χ4n) is 2.28. The zero-order valence-electron chi connectivity index (χ0n) is 11.8. The van der Waals surface area contributed by atoms with Gasteiger partial charge in [-0.2, -0.15) is 0 Å². The van der Waals surface area contributed by atoms with Crippen molar-refractivity contribution in [2.45, 2.75) is 12.8 Å². The van der Waals surface area contributed by atoms with Crippen molar-refractivity contribution in [3.8, 4) is 0 Å². The lowest BCUT2D eigenvalue weighted by molar-refractivity contribution is -0.115. The number of carboxylic acid groups (broad SMARTS) is 1. The van der Waals surface area contributed by atoms with E-state index in [1.165, 1.54) is 30.4 Å². The summed E-state index contributed by atoms with van der Waals surface area (Å²) in [6, 6.07) is 0. The molecule has 0 aromatic carbocycles. The largest absolute Gasteiger partial charge is 0.464 e. The first-order valence-electron chi connectivity index (χ1n) is 6.76.